The highest BCUT2D eigenvalue weighted by molar-refractivity contribution is 5.77. The van der Waals surface area contributed by atoms with E-state index in [1.54, 1.807) is 0 Å². The van der Waals surface area contributed by atoms with E-state index in [0.29, 0.717) is 12.1 Å². The Balaban J connectivity index is 1.53. The molecule has 6 heteroatoms. The van der Waals surface area contributed by atoms with Gasteiger partial charge in [0, 0.05) is 25.2 Å². The monoisotopic (exact) mass is 309 g/mol. The summed E-state index contributed by atoms with van der Waals surface area (Å²) in [4.78, 5) is 28.4. The largest absolute Gasteiger partial charge is 0.469 e. The van der Waals surface area contributed by atoms with Crippen molar-refractivity contribution < 1.29 is 14.3 Å². The van der Waals surface area contributed by atoms with E-state index < -0.39 is 0 Å². The van der Waals surface area contributed by atoms with Crippen LogP contribution >= 0.6 is 0 Å². The highest BCUT2D eigenvalue weighted by Gasteiger charge is 2.39. The SMILES string of the molecule is COC(=O)[C@H]1CC[C@H](N2CCN(C3CCNCC3)C2=O)CC1. The quantitative estimate of drug-likeness (QED) is 0.796. The number of ether oxygens (including phenoxy) is 1. The lowest BCUT2D eigenvalue weighted by atomic mass is 9.85. The average molecular weight is 309 g/mol. The van der Waals surface area contributed by atoms with Gasteiger partial charge >= 0.3 is 12.0 Å². The van der Waals surface area contributed by atoms with Gasteiger partial charge in [0.05, 0.1) is 13.0 Å². The van der Waals surface area contributed by atoms with E-state index in [4.69, 9.17) is 4.74 Å². The van der Waals surface area contributed by atoms with E-state index in [1.165, 1.54) is 7.11 Å². The molecule has 0 unspecified atom stereocenters. The first-order valence-electron chi connectivity index (χ1n) is 8.56. The Bertz CT molecular complexity index is 415. The second kappa shape index (κ2) is 6.86. The van der Waals surface area contributed by atoms with Gasteiger partial charge in [-0.3, -0.25) is 4.79 Å². The van der Waals surface area contributed by atoms with E-state index in [1.807, 2.05) is 0 Å². The van der Waals surface area contributed by atoms with Crippen LogP contribution in [0.3, 0.4) is 0 Å². The molecular formula is C16H27N3O3. The van der Waals surface area contributed by atoms with Crippen molar-refractivity contribution in [3.63, 3.8) is 0 Å². The molecule has 3 fully saturated rings. The molecule has 1 aliphatic carbocycles. The van der Waals surface area contributed by atoms with E-state index in [-0.39, 0.29) is 17.9 Å². The number of nitrogens with zero attached hydrogens (tertiary/aromatic N) is 2. The predicted molar refractivity (Wildman–Crippen MR) is 82.5 cm³/mol. The summed E-state index contributed by atoms with van der Waals surface area (Å²) < 4.78 is 4.83. The van der Waals surface area contributed by atoms with Crippen LogP contribution in [0.5, 0.6) is 0 Å². The number of carbonyl (C=O) groups is 2. The van der Waals surface area contributed by atoms with Crippen LogP contribution in [-0.2, 0) is 9.53 Å². The molecule has 2 amide bonds. The van der Waals surface area contributed by atoms with Gasteiger partial charge in [0.25, 0.3) is 0 Å². The Kier molecular flexibility index (Phi) is 4.86. The molecule has 0 atom stereocenters. The molecule has 1 saturated carbocycles. The standard InChI is InChI=1S/C16H27N3O3/c1-22-15(20)12-2-4-13(5-3-12)18-10-11-19(16(18)21)14-6-8-17-9-7-14/h12-14,17H,2-11H2,1H3/t12-,13-. The maximum absolute atomic E-state index is 12.7. The Morgan fingerprint density at radius 2 is 1.55 bits per heavy atom. The fourth-order valence-corrected chi connectivity index (χ4v) is 4.16. The molecule has 124 valence electrons. The highest BCUT2D eigenvalue weighted by atomic mass is 16.5. The van der Waals surface area contributed by atoms with Crippen molar-refractivity contribution in [1.82, 2.24) is 15.1 Å². The third-order valence-electron chi connectivity index (χ3n) is 5.49. The molecule has 3 rings (SSSR count). The summed E-state index contributed by atoms with van der Waals surface area (Å²) in [6, 6.07) is 0.929. The minimum absolute atomic E-state index is 0.0273. The topological polar surface area (TPSA) is 61.9 Å². The zero-order valence-corrected chi connectivity index (χ0v) is 13.4. The first-order valence-corrected chi connectivity index (χ1v) is 8.56. The van der Waals surface area contributed by atoms with Crippen molar-refractivity contribution in [2.45, 2.75) is 50.6 Å². The number of methoxy groups -OCH3 is 1. The van der Waals surface area contributed by atoms with Crippen LogP contribution < -0.4 is 5.32 Å². The van der Waals surface area contributed by atoms with E-state index in [9.17, 15) is 9.59 Å². The molecule has 0 aromatic carbocycles. The van der Waals surface area contributed by atoms with Crippen molar-refractivity contribution >= 4 is 12.0 Å². The van der Waals surface area contributed by atoms with Crippen LogP contribution in [0.2, 0.25) is 0 Å². The maximum atomic E-state index is 12.7. The van der Waals surface area contributed by atoms with Gasteiger partial charge < -0.3 is 19.9 Å². The summed E-state index contributed by atoms with van der Waals surface area (Å²) in [7, 11) is 1.45. The van der Waals surface area contributed by atoms with Crippen molar-refractivity contribution in [2.75, 3.05) is 33.3 Å². The fraction of sp³-hybridized carbons (Fsp3) is 0.875. The van der Waals surface area contributed by atoms with Gasteiger partial charge in [0.1, 0.15) is 0 Å². The summed E-state index contributed by atoms with van der Waals surface area (Å²) in [5.41, 5.74) is 0. The van der Waals surface area contributed by atoms with E-state index >= 15 is 0 Å². The van der Waals surface area contributed by atoms with Crippen molar-refractivity contribution in [3.05, 3.63) is 0 Å². The summed E-state index contributed by atoms with van der Waals surface area (Å²) in [6.45, 7) is 3.73. The molecule has 2 heterocycles. The molecule has 3 aliphatic rings. The minimum Gasteiger partial charge on any atom is -0.469 e. The van der Waals surface area contributed by atoms with Gasteiger partial charge in [0.2, 0.25) is 0 Å². The zero-order chi connectivity index (χ0) is 15.5. The number of rotatable bonds is 3. The fourth-order valence-electron chi connectivity index (χ4n) is 4.16. The van der Waals surface area contributed by atoms with Gasteiger partial charge in [0.15, 0.2) is 0 Å². The molecule has 22 heavy (non-hydrogen) atoms. The van der Waals surface area contributed by atoms with Gasteiger partial charge in [-0.15, -0.1) is 0 Å². The van der Waals surface area contributed by atoms with Crippen LogP contribution in [0.25, 0.3) is 0 Å². The molecular weight excluding hydrogens is 282 g/mol. The number of carbonyl (C=O) groups excluding carboxylic acids is 2. The smallest absolute Gasteiger partial charge is 0.320 e. The first-order chi connectivity index (χ1) is 10.7. The molecule has 0 bridgehead atoms. The Hall–Kier alpha value is -1.30. The Morgan fingerprint density at radius 1 is 1.00 bits per heavy atom. The van der Waals surface area contributed by atoms with Crippen LogP contribution in [0.1, 0.15) is 38.5 Å². The summed E-state index contributed by atoms with van der Waals surface area (Å²) in [6.07, 6.45) is 5.66. The Morgan fingerprint density at radius 3 is 2.09 bits per heavy atom. The third kappa shape index (κ3) is 3.07. The summed E-state index contributed by atoms with van der Waals surface area (Å²) >= 11 is 0. The van der Waals surface area contributed by atoms with E-state index in [0.717, 1.165) is 64.7 Å². The lowest BCUT2D eigenvalue weighted by molar-refractivity contribution is -0.146. The van der Waals surface area contributed by atoms with E-state index in [2.05, 4.69) is 15.1 Å². The minimum atomic E-state index is -0.0949. The molecule has 0 aromatic heterocycles. The number of nitrogens with one attached hydrogen (secondary N) is 1. The number of esters is 1. The highest BCUT2D eigenvalue weighted by Crippen LogP contribution is 2.31. The van der Waals surface area contributed by atoms with Gasteiger partial charge in [-0.2, -0.15) is 0 Å². The molecule has 0 aromatic rings. The second-order valence-corrected chi connectivity index (χ2v) is 6.68. The molecule has 0 radical (unpaired) electrons. The normalized spacial score (nSPS) is 30.7. The van der Waals surface area contributed by atoms with Crippen molar-refractivity contribution in [3.8, 4) is 0 Å². The lowest BCUT2D eigenvalue weighted by Gasteiger charge is -2.35. The number of piperidine rings is 1. The number of hydrogen-bond acceptors (Lipinski definition) is 4. The van der Waals surface area contributed by atoms with Crippen LogP contribution in [-0.4, -0.2) is 67.2 Å². The molecule has 6 nitrogen and oxygen atoms in total. The summed E-state index contributed by atoms with van der Waals surface area (Å²) in [5, 5.41) is 3.35. The lowest BCUT2D eigenvalue weighted by Crippen LogP contribution is -2.47. The molecule has 2 aliphatic heterocycles. The number of amides is 2. The molecule has 0 spiro atoms. The maximum Gasteiger partial charge on any atom is 0.320 e. The van der Waals surface area contributed by atoms with Crippen LogP contribution in [0, 0.1) is 5.92 Å². The first kappa shape index (κ1) is 15.6. The zero-order valence-electron chi connectivity index (χ0n) is 13.4. The number of urea groups is 1. The van der Waals surface area contributed by atoms with Gasteiger partial charge in [-0.25, -0.2) is 4.79 Å². The van der Waals surface area contributed by atoms with Crippen molar-refractivity contribution in [2.24, 2.45) is 5.92 Å². The van der Waals surface area contributed by atoms with Gasteiger partial charge in [-0.05, 0) is 51.6 Å². The second-order valence-electron chi connectivity index (χ2n) is 6.68. The Labute approximate surface area is 132 Å². The van der Waals surface area contributed by atoms with Crippen LogP contribution in [0.4, 0.5) is 4.79 Å². The third-order valence-corrected chi connectivity index (χ3v) is 5.49. The molecule has 1 N–H and O–H groups in total. The molecule has 2 saturated heterocycles. The predicted octanol–water partition coefficient (Wildman–Crippen LogP) is 1.21. The van der Waals surface area contributed by atoms with Gasteiger partial charge in [-0.1, -0.05) is 0 Å². The van der Waals surface area contributed by atoms with Crippen LogP contribution in [0.15, 0.2) is 0 Å². The summed E-state index contributed by atoms with van der Waals surface area (Å²) in [5.74, 6) is -0.0676. The average Bonchev–Trinajstić information content (AvgIpc) is 2.96. The van der Waals surface area contributed by atoms with Crippen molar-refractivity contribution in [1.29, 1.82) is 0 Å². The number of hydrogen-bond donors (Lipinski definition) is 1.